The van der Waals surface area contributed by atoms with Crippen molar-refractivity contribution in [1.82, 2.24) is 14.8 Å². The predicted molar refractivity (Wildman–Crippen MR) is 117 cm³/mol. The maximum atomic E-state index is 14.2. The molecule has 3 heterocycles. The lowest BCUT2D eigenvalue weighted by atomic mass is 9.91. The Morgan fingerprint density at radius 3 is 2.65 bits per heavy atom. The summed E-state index contributed by atoms with van der Waals surface area (Å²) < 4.78 is 16.0. The molecule has 154 valence electrons. The number of halogens is 1. The minimum absolute atomic E-state index is 0.0921. The first-order valence-corrected chi connectivity index (χ1v) is 10.2. The normalized spacial score (nSPS) is 13.4. The van der Waals surface area contributed by atoms with Crippen LogP contribution in [0.4, 0.5) is 10.2 Å². The van der Waals surface area contributed by atoms with Gasteiger partial charge in [-0.15, -0.1) is 0 Å². The molecule has 0 N–H and O–H groups in total. The molecule has 0 saturated heterocycles. The van der Waals surface area contributed by atoms with Crippen molar-refractivity contribution in [3.63, 3.8) is 0 Å². The van der Waals surface area contributed by atoms with Crippen LogP contribution >= 0.6 is 0 Å². The minimum Gasteiger partial charge on any atom is -0.290 e. The van der Waals surface area contributed by atoms with E-state index < -0.39 is 5.82 Å². The Hall–Kier alpha value is -3.80. The third-order valence-corrected chi connectivity index (χ3v) is 5.74. The molecule has 0 saturated carbocycles. The zero-order valence-corrected chi connectivity index (χ0v) is 17.1. The van der Waals surface area contributed by atoms with Gasteiger partial charge in [-0.3, -0.25) is 9.69 Å². The number of benzene rings is 2. The van der Waals surface area contributed by atoms with E-state index in [1.165, 1.54) is 23.2 Å². The Kier molecular flexibility index (Phi) is 4.82. The Labute approximate surface area is 179 Å². The predicted octanol–water partition coefficient (Wildman–Crippen LogP) is 4.51. The maximum Gasteiger partial charge on any atom is 0.259 e. The molecule has 1 aliphatic heterocycles. The quantitative estimate of drug-likeness (QED) is 0.496. The summed E-state index contributed by atoms with van der Waals surface area (Å²) in [6.45, 7) is 2.50. The molecule has 6 heteroatoms. The van der Waals surface area contributed by atoms with Gasteiger partial charge in [0.2, 0.25) is 0 Å². The van der Waals surface area contributed by atoms with Gasteiger partial charge in [0.05, 0.1) is 5.69 Å². The Morgan fingerprint density at radius 1 is 1.06 bits per heavy atom. The van der Waals surface area contributed by atoms with Gasteiger partial charge in [0, 0.05) is 30.7 Å². The van der Waals surface area contributed by atoms with E-state index in [2.05, 4.69) is 35.2 Å². The number of carbonyl (C=O) groups is 1. The molecule has 0 unspecified atom stereocenters. The standard InChI is InChI=1S/C25H21FN4O/c1-17-14-19-9-13-29(24-23(26)4-2-10-27-24)25(31)22(19)16-20(17)15-18-5-7-21(8-6-18)30-12-3-11-28-30/h2-8,10-12,14,16H,9,13,15H2,1H3. The zero-order chi connectivity index (χ0) is 21.4. The highest BCUT2D eigenvalue weighted by Gasteiger charge is 2.28. The molecule has 1 aliphatic rings. The Balaban J connectivity index is 1.43. The van der Waals surface area contributed by atoms with Crippen LogP contribution in [-0.2, 0) is 12.8 Å². The molecule has 0 radical (unpaired) electrons. The fourth-order valence-electron chi connectivity index (χ4n) is 4.07. The number of anilines is 1. The average molecular weight is 412 g/mol. The van der Waals surface area contributed by atoms with E-state index >= 15 is 0 Å². The second-order valence-corrected chi connectivity index (χ2v) is 7.75. The van der Waals surface area contributed by atoms with Crippen molar-refractivity contribution in [3.05, 3.63) is 107 Å². The van der Waals surface area contributed by atoms with Crippen LogP contribution < -0.4 is 4.90 Å². The molecule has 0 bridgehead atoms. The molecular formula is C25H21FN4O. The van der Waals surface area contributed by atoms with Gasteiger partial charge in [-0.1, -0.05) is 18.2 Å². The molecule has 2 aromatic heterocycles. The second-order valence-electron chi connectivity index (χ2n) is 7.75. The first kappa shape index (κ1) is 19.2. The van der Waals surface area contributed by atoms with Crippen LogP contribution in [0.5, 0.6) is 0 Å². The van der Waals surface area contributed by atoms with Gasteiger partial charge in [0.15, 0.2) is 11.6 Å². The summed E-state index contributed by atoms with van der Waals surface area (Å²) in [4.78, 5) is 18.7. The van der Waals surface area contributed by atoms with Gasteiger partial charge in [0.1, 0.15) is 0 Å². The van der Waals surface area contributed by atoms with E-state index in [9.17, 15) is 9.18 Å². The average Bonchev–Trinajstić information content (AvgIpc) is 3.31. The molecule has 5 rings (SSSR count). The van der Waals surface area contributed by atoms with Gasteiger partial charge >= 0.3 is 0 Å². The number of fused-ring (bicyclic) bond motifs is 1. The smallest absolute Gasteiger partial charge is 0.259 e. The third-order valence-electron chi connectivity index (χ3n) is 5.74. The molecule has 0 spiro atoms. The van der Waals surface area contributed by atoms with E-state index in [1.807, 2.05) is 35.1 Å². The topological polar surface area (TPSA) is 51.0 Å². The summed E-state index contributed by atoms with van der Waals surface area (Å²) in [5.41, 5.74) is 6.02. The summed E-state index contributed by atoms with van der Waals surface area (Å²) in [6, 6.07) is 17.0. The number of rotatable bonds is 4. The van der Waals surface area contributed by atoms with Crippen LogP contribution in [0.2, 0.25) is 0 Å². The molecule has 0 aliphatic carbocycles. The van der Waals surface area contributed by atoms with E-state index in [4.69, 9.17) is 0 Å². The van der Waals surface area contributed by atoms with Crippen molar-refractivity contribution in [2.24, 2.45) is 0 Å². The lowest BCUT2D eigenvalue weighted by Crippen LogP contribution is -2.39. The molecule has 5 nitrogen and oxygen atoms in total. The monoisotopic (exact) mass is 412 g/mol. The lowest BCUT2D eigenvalue weighted by Gasteiger charge is -2.29. The summed E-state index contributed by atoms with van der Waals surface area (Å²) in [5.74, 6) is -0.590. The van der Waals surface area contributed by atoms with Crippen LogP contribution in [0, 0.1) is 12.7 Å². The van der Waals surface area contributed by atoms with Crippen molar-refractivity contribution >= 4 is 11.7 Å². The molecular weight excluding hydrogens is 391 g/mol. The number of amides is 1. The number of carbonyl (C=O) groups excluding carboxylic acids is 1. The highest BCUT2D eigenvalue weighted by molar-refractivity contribution is 6.08. The van der Waals surface area contributed by atoms with Crippen molar-refractivity contribution < 1.29 is 9.18 Å². The largest absolute Gasteiger partial charge is 0.290 e. The van der Waals surface area contributed by atoms with Gasteiger partial charge in [-0.2, -0.15) is 5.10 Å². The Bertz CT molecular complexity index is 1250. The minimum atomic E-state index is -0.482. The number of aromatic nitrogens is 3. The van der Waals surface area contributed by atoms with Gasteiger partial charge in [0.25, 0.3) is 5.91 Å². The van der Waals surface area contributed by atoms with E-state index in [0.29, 0.717) is 24.9 Å². The Morgan fingerprint density at radius 2 is 1.90 bits per heavy atom. The molecule has 4 aromatic rings. The van der Waals surface area contributed by atoms with Crippen molar-refractivity contribution in [2.75, 3.05) is 11.4 Å². The number of aryl methyl sites for hydroxylation is 1. The molecule has 2 aromatic carbocycles. The van der Waals surface area contributed by atoms with E-state index in [0.717, 1.165) is 27.9 Å². The van der Waals surface area contributed by atoms with E-state index in [1.54, 1.807) is 6.20 Å². The summed E-state index contributed by atoms with van der Waals surface area (Å²) in [7, 11) is 0. The highest BCUT2D eigenvalue weighted by atomic mass is 19.1. The fraction of sp³-hybridized carbons (Fsp3) is 0.160. The van der Waals surface area contributed by atoms with Gasteiger partial charge in [-0.05, 0) is 78.4 Å². The molecule has 0 atom stereocenters. The third kappa shape index (κ3) is 3.61. The second kappa shape index (κ2) is 7.80. The SMILES string of the molecule is Cc1cc2c(cc1Cc1ccc(-n3cccn3)cc1)C(=O)N(c1ncccc1F)CC2. The zero-order valence-electron chi connectivity index (χ0n) is 17.1. The van der Waals surface area contributed by atoms with Crippen LogP contribution in [-0.4, -0.2) is 27.2 Å². The first-order valence-electron chi connectivity index (χ1n) is 10.2. The van der Waals surface area contributed by atoms with E-state index in [-0.39, 0.29) is 11.7 Å². The summed E-state index contributed by atoms with van der Waals surface area (Å²) in [5, 5.41) is 4.25. The van der Waals surface area contributed by atoms with Crippen LogP contribution in [0.1, 0.15) is 32.6 Å². The van der Waals surface area contributed by atoms with Crippen molar-refractivity contribution in [3.8, 4) is 5.69 Å². The molecule has 0 fully saturated rings. The van der Waals surface area contributed by atoms with Crippen LogP contribution in [0.3, 0.4) is 0 Å². The number of pyridine rings is 1. The first-order chi connectivity index (χ1) is 15.1. The van der Waals surface area contributed by atoms with Crippen LogP contribution in [0.15, 0.2) is 73.2 Å². The summed E-state index contributed by atoms with van der Waals surface area (Å²) >= 11 is 0. The maximum absolute atomic E-state index is 14.2. The van der Waals surface area contributed by atoms with Gasteiger partial charge < -0.3 is 0 Å². The molecule has 1 amide bonds. The number of nitrogens with zero attached hydrogens (tertiary/aromatic N) is 4. The lowest BCUT2D eigenvalue weighted by molar-refractivity contribution is 0.0978. The highest BCUT2D eigenvalue weighted by Crippen LogP contribution is 2.28. The van der Waals surface area contributed by atoms with Gasteiger partial charge in [-0.25, -0.2) is 14.1 Å². The van der Waals surface area contributed by atoms with Crippen molar-refractivity contribution in [1.29, 1.82) is 0 Å². The van der Waals surface area contributed by atoms with Crippen LogP contribution in [0.25, 0.3) is 5.69 Å². The fourth-order valence-corrected chi connectivity index (χ4v) is 4.07. The molecule has 31 heavy (non-hydrogen) atoms. The summed E-state index contributed by atoms with van der Waals surface area (Å²) in [6.07, 6.45) is 6.56. The number of hydrogen-bond donors (Lipinski definition) is 0. The van der Waals surface area contributed by atoms with Crippen molar-refractivity contribution in [2.45, 2.75) is 19.8 Å². The number of hydrogen-bond acceptors (Lipinski definition) is 3.